The van der Waals surface area contributed by atoms with E-state index in [1.54, 1.807) is 19.0 Å². The van der Waals surface area contributed by atoms with Gasteiger partial charge in [0.1, 0.15) is 6.54 Å². The van der Waals surface area contributed by atoms with Crippen LogP contribution in [-0.2, 0) is 9.53 Å². The molecule has 1 aliphatic heterocycles. The molecule has 1 saturated heterocycles. The van der Waals surface area contributed by atoms with Gasteiger partial charge in [-0.1, -0.05) is 6.92 Å². The molecule has 1 atom stereocenters. The van der Waals surface area contributed by atoms with Crippen molar-refractivity contribution in [2.45, 2.75) is 83.6 Å². The van der Waals surface area contributed by atoms with Gasteiger partial charge in [0.25, 0.3) is 0 Å². The number of likely N-dealkylation sites (N-methyl/N-ethyl adjacent to an activating group) is 2. The lowest BCUT2D eigenvalue weighted by atomic mass is 9.93. The van der Waals surface area contributed by atoms with E-state index in [1.807, 2.05) is 0 Å². The van der Waals surface area contributed by atoms with Gasteiger partial charge >= 0.3 is 0 Å². The fourth-order valence-corrected chi connectivity index (χ4v) is 4.12. The molecule has 1 saturated carbocycles. The molecule has 1 amide bonds. The third kappa shape index (κ3) is 9.38. The molecule has 0 spiro atoms. The average Bonchev–Trinajstić information content (AvgIpc) is 3.12. The molecule has 0 radical (unpaired) electrons. The maximum absolute atomic E-state index is 12.0. The Hall–Kier alpha value is -0.610. The zero-order chi connectivity index (χ0) is 20.5. The van der Waals surface area contributed by atoms with Gasteiger partial charge in [-0.05, 0) is 65.5 Å². The third-order valence-electron chi connectivity index (χ3n) is 5.76. The van der Waals surface area contributed by atoms with Crippen LogP contribution in [0.15, 0.2) is 4.99 Å². The first-order chi connectivity index (χ1) is 13.4. The molecule has 0 aromatic rings. The first-order valence-electron chi connectivity index (χ1n) is 11.0. The summed E-state index contributed by atoms with van der Waals surface area (Å²) >= 11 is 0. The zero-order valence-corrected chi connectivity index (χ0v) is 21.3. The van der Waals surface area contributed by atoms with Gasteiger partial charge in [-0.3, -0.25) is 9.69 Å². The Morgan fingerprint density at radius 1 is 1.21 bits per heavy atom. The SMILES string of the molecule is CCN1CCCC1CNC(=NCC(=O)N(C)C)NC1CCC(OC(C)C)CC1.I. The van der Waals surface area contributed by atoms with E-state index in [4.69, 9.17) is 4.74 Å². The van der Waals surface area contributed by atoms with Gasteiger partial charge in [-0.15, -0.1) is 24.0 Å². The van der Waals surface area contributed by atoms with E-state index in [-0.39, 0.29) is 36.4 Å². The molecule has 2 N–H and O–H groups in total. The molecular weight excluding hydrogens is 481 g/mol. The highest BCUT2D eigenvalue weighted by molar-refractivity contribution is 14.0. The fraction of sp³-hybridized carbons (Fsp3) is 0.905. The summed E-state index contributed by atoms with van der Waals surface area (Å²) < 4.78 is 5.96. The number of amides is 1. The number of carbonyl (C=O) groups is 1. The van der Waals surface area contributed by atoms with Crippen LogP contribution in [0.4, 0.5) is 0 Å². The summed E-state index contributed by atoms with van der Waals surface area (Å²) in [5.74, 6) is 0.789. The molecule has 1 aliphatic carbocycles. The van der Waals surface area contributed by atoms with E-state index in [2.05, 4.69) is 41.3 Å². The Balaban J connectivity index is 0.00000420. The number of hydrogen-bond donors (Lipinski definition) is 2. The number of likely N-dealkylation sites (tertiary alicyclic amines) is 1. The Morgan fingerprint density at radius 2 is 1.90 bits per heavy atom. The lowest BCUT2D eigenvalue weighted by molar-refractivity contribution is -0.127. The monoisotopic (exact) mass is 523 g/mol. The highest BCUT2D eigenvalue weighted by Crippen LogP contribution is 2.22. The maximum atomic E-state index is 12.0. The zero-order valence-electron chi connectivity index (χ0n) is 18.9. The molecule has 2 rings (SSSR count). The van der Waals surface area contributed by atoms with Crippen molar-refractivity contribution in [2.75, 3.05) is 40.3 Å². The molecule has 0 bridgehead atoms. The number of rotatable bonds is 8. The van der Waals surface area contributed by atoms with Crippen LogP contribution in [0.3, 0.4) is 0 Å². The first kappa shape index (κ1) is 26.4. The molecule has 1 unspecified atom stereocenters. The molecule has 29 heavy (non-hydrogen) atoms. The first-order valence-corrected chi connectivity index (χ1v) is 11.0. The number of aliphatic imine (C=N–C) groups is 1. The predicted molar refractivity (Wildman–Crippen MR) is 130 cm³/mol. The normalized spacial score (nSPS) is 25.6. The van der Waals surface area contributed by atoms with Gasteiger partial charge in [0.15, 0.2) is 5.96 Å². The van der Waals surface area contributed by atoms with Crippen molar-refractivity contribution >= 4 is 35.8 Å². The van der Waals surface area contributed by atoms with Crippen LogP contribution < -0.4 is 10.6 Å². The number of nitrogens with one attached hydrogen (secondary N) is 2. The van der Waals surface area contributed by atoms with Crippen LogP contribution in [0.5, 0.6) is 0 Å². The fourth-order valence-electron chi connectivity index (χ4n) is 4.12. The molecule has 8 heteroatoms. The average molecular weight is 524 g/mol. The molecule has 7 nitrogen and oxygen atoms in total. The largest absolute Gasteiger partial charge is 0.376 e. The molecular formula is C21H42IN5O2. The van der Waals surface area contributed by atoms with Gasteiger partial charge in [0.2, 0.25) is 5.91 Å². The van der Waals surface area contributed by atoms with Gasteiger partial charge in [0, 0.05) is 32.7 Å². The second-order valence-corrected chi connectivity index (χ2v) is 8.56. The van der Waals surface area contributed by atoms with Crippen molar-refractivity contribution < 1.29 is 9.53 Å². The van der Waals surface area contributed by atoms with E-state index in [0.717, 1.165) is 44.7 Å². The molecule has 2 fully saturated rings. The highest BCUT2D eigenvalue weighted by atomic mass is 127. The lowest BCUT2D eigenvalue weighted by Crippen LogP contribution is -2.49. The highest BCUT2D eigenvalue weighted by Gasteiger charge is 2.25. The smallest absolute Gasteiger partial charge is 0.243 e. The summed E-state index contributed by atoms with van der Waals surface area (Å²) in [6.45, 7) is 9.75. The second kappa shape index (κ2) is 13.6. The standard InChI is InChI=1S/C21H41N5O2.HI/c1-6-26-13-7-8-18(26)14-22-21(23-15-20(27)25(4)5)24-17-9-11-19(12-10-17)28-16(2)3;/h16-19H,6-15H2,1-5H3,(H2,22,23,24);1H. The van der Waals surface area contributed by atoms with Crippen LogP contribution in [-0.4, -0.2) is 86.2 Å². The summed E-state index contributed by atoms with van der Waals surface area (Å²) in [5, 5.41) is 7.08. The molecule has 0 aromatic heterocycles. The van der Waals surface area contributed by atoms with E-state index in [0.29, 0.717) is 24.3 Å². The van der Waals surface area contributed by atoms with E-state index in [9.17, 15) is 4.79 Å². The van der Waals surface area contributed by atoms with E-state index >= 15 is 0 Å². The Kier molecular flexibility index (Phi) is 12.4. The number of hydrogen-bond acceptors (Lipinski definition) is 4. The van der Waals surface area contributed by atoms with Crippen molar-refractivity contribution in [2.24, 2.45) is 4.99 Å². The Labute approximate surface area is 194 Å². The van der Waals surface area contributed by atoms with Crippen molar-refractivity contribution in [3.05, 3.63) is 0 Å². The summed E-state index contributed by atoms with van der Waals surface area (Å²) in [4.78, 5) is 20.7. The molecule has 170 valence electrons. The second-order valence-electron chi connectivity index (χ2n) is 8.56. The van der Waals surface area contributed by atoms with E-state index in [1.165, 1.54) is 19.4 Å². The topological polar surface area (TPSA) is 69.2 Å². The summed E-state index contributed by atoms with van der Waals surface area (Å²) in [6.07, 6.45) is 7.45. The Bertz CT molecular complexity index is 507. The summed E-state index contributed by atoms with van der Waals surface area (Å²) in [5.41, 5.74) is 0. The van der Waals surface area contributed by atoms with E-state index < -0.39 is 0 Å². The number of guanidine groups is 1. The minimum atomic E-state index is 0. The van der Waals surface area contributed by atoms with Crippen molar-refractivity contribution in [3.8, 4) is 0 Å². The van der Waals surface area contributed by atoms with Gasteiger partial charge in [0.05, 0.1) is 12.2 Å². The maximum Gasteiger partial charge on any atom is 0.243 e. The van der Waals surface area contributed by atoms with Crippen molar-refractivity contribution in [1.82, 2.24) is 20.4 Å². The van der Waals surface area contributed by atoms with Gasteiger partial charge in [-0.25, -0.2) is 4.99 Å². The van der Waals surface area contributed by atoms with Gasteiger partial charge in [-0.2, -0.15) is 0 Å². The van der Waals surface area contributed by atoms with Crippen LogP contribution in [0.1, 0.15) is 59.3 Å². The van der Waals surface area contributed by atoms with Crippen molar-refractivity contribution in [1.29, 1.82) is 0 Å². The number of nitrogens with zero attached hydrogens (tertiary/aromatic N) is 3. The molecule has 1 heterocycles. The minimum Gasteiger partial charge on any atom is -0.376 e. The van der Waals surface area contributed by atoms with Crippen LogP contribution in [0, 0.1) is 0 Å². The summed E-state index contributed by atoms with van der Waals surface area (Å²) in [7, 11) is 3.54. The Morgan fingerprint density at radius 3 is 2.48 bits per heavy atom. The van der Waals surface area contributed by atoms with Crippen molar-refractivity contribution in [3.63, 3.8) is 0 Å². The van der Waals surface area contributed by atoms with Crippen LogP contribution in [0.2, 0.25) is 0 Å². The third-order valence-corrected chi connectivity index (χ3v) is 5.76. The van der Waals surface area contributed by atoms with Crippen LogP contribution in [0.25, 0.3) is 0 Å². The number of halogens is 1. The van der Waals surface area contributed by atoms with Crippen LogP contribution >= 0.6 is 24.0 Å². The lowest BCUT2D eigenvalue weighted by Gasteiger charge is -2.31. The number of ether oxygens (including phenoxy) is 1. The molecule has 0 aromatic carbocycles. The predicted octanol–water partition coefficient (Wildman–Crippen LogP) is 2.45. The molecule has 2 aliphatic rings. The minimum absolute atomic E-state index is 0. The quantitative estimate of drug-likeness (QED) is 0.291. The summed E-state index contributed by atoms with van der Waals surface area (Å²) in [6, 6.07) is 0.940. The van der Waals surface area contributed by atoms with Gasteiger partial charge < -0.3 is 20.3 Å². The number of carbonyl (C=O) groups excluding carboxylic acids is 1.